The number of nitrogens with one attached hydrogen (secondary N) is 2. The summed E-state index contributed by atoms with van der Waals surface area (Å²) in [6, 6.07) is 2.40. The second-order valence-corrected chi connectivity index (χ2v) is 3.97. The van der Waals surface area contributed by atoms with Gasteiger partial charge in [0.2, 0.25) is 0 Å². The monoisotopic (exact) mass is 214 g/mol. The fourth-order valence-electron chi connectivity index (χ4n) is 1.01. The van der Waals surface area contributed by atoms with E-state index >= 15 is 0 Å². The van der Waals surface area contributed by atoms with E-state index in [0.717, 1.165) is 11.7 Å². The van der Waals surface area contributed by atoms with Gasteiger partial charge in [-0.15, -0.1) is 0 Å². The van der Waals surface area contributed by atoms with E-state index in [1.54, 1.807) is 11.3 Å². The van der Waals surface area contributed by atoms with E-state index < -0.39 is 0 Å². The number of thiophene rings is 1. The minimum atomic E-state index is 0.290. The minimum Gasteiger partial charge on any atom is -0.363 e. The van der Waals surface area contributed by atoms with Crippen LogP contribution in [0.2, 0.25) is 0 Å². The summed E-state index contributed by atoms with van der Waals surface area (Å²) >= 11 is 6.79. The van der Waals surface area contributed by atoms with Crippen molar-refractivity contribution in [3.8, 4) is 0 Å². The highest BCUT2D eigenvalue weighted by Gasteiger charge is 2.05. The lowest BCUT2D eigenvalue weighted by molar-refractivity contribution is 0.705. The summed E-state index contributed by atoms with van der Waals surface area (Å²) in [7, 11) is 0. The van der Waals surface area contributed by atoms with Gasteiger partial charge in [0.1, 0.15) is 0 Å². The quantitative estimate of drug-likeness (QED) is 0.755. The van der Waals surface area contributed by atoms with Gasteiger partial charge in [-0.2, -0.15) is 11.3 Å². The molecule has 4 heteroatoms. The van der Waals surface area contributed by atoms with Gasteiger partial charge in [0.15, 0.2) is 5.11 Å². The van der Waals surface area contributed by atoms with Crippen molar-refractivity contribution in [2.75, 3.05) is 6.54 Å². The molecule has 0 saturated heterocycles. The van der Waals surface area contributed by atoms with Gasteiger partial charge < -0.3 is 10.6 Å². The van der Waals surface area contributed by atoms with Gasteiger partial charge in [0.05, 0.1) is 6.04 Å². The predicted molar refractivity (Wildman–Crippen MR) is 62.1 cm³/mol. The maximum Gasteiger partial charge on any atom is 0.166 e. The second kappa shape index (κ2) is 5.19. The summed E-state index contributed by atoms with van der Waals surface area (Å²) in [6.45, 7) is 5.00. The summed E-state index contributed by atoms with van der Waals surface area (Å²) in [5, 5.41) is 11.2. The van der Waals surface area contributed by atoms with Gasteiger partial charge in [0, 0.05) is 6.54 Å². The topological polar surface area (TPSA) is 24.1 Å². The van der Waals surface area contributed by atoms with Crippen LogP contribution < -0.4 is 10.6 Å². The van der Waals surface area contributed by atoms with E-state index in [1.807, 2.05) is 6.92 Å². The maximum absolute atomic E-state index is 5.08. The molecular weight excluding hydrogens is 200 g/mol. The van der Waals surface area contributed by atoms with E-state index in [4.69, 9.17) is 12.2 Å². The third-order valence-electron chi connectivity index (χ3n) is 1.73. The molecule has 0 amide bonds. The Balaban J connectivity index is 2.42. The molecule has 0 aliphatic carbocycles. The van der Waals surface area contributed by atoms with Crippen LogP contribution in [0.4, 0.5) is 0 Å². The van der Waals surface area contributed by atoms with Crippen LogP contribution in [0.3, 0.4) is 0 Å². The summed E-state index contributed by atoms with van der Waals surface area (Å²) < 4.78 is 0. The molecule has 0 aliphatic rings. The Labute approximate surface area is 88.4 Å². The summed E-state index contributed by atoms with van der Waals surface area (Å²) in [6.07, 6.45) is 0. The van der Waals surface area contributed by atoms with E-state index in [0.29, 0.717) is 0 Å². The molecule has 0 saturated carbocycles. The highest BCUT2D eigenvalue weighted by Crippen LogP contribution is 2.14. The molecule has 72 valence electrons. The smallest absolute Gasteiger partial charge is 0.166 e. The molecule has 1 aromatic heterocycles. The molecule has 0 aromatic carbocycles. The normalized spacial score (nSPS) is 12.2. The van der Waals surface area contributed by atoms with Crippen molar-refractivity contribution in [1.82, 2.24) is 10.6 Å². The molecule has 2 N–H and O–H groups in total. The average molecular weight is 214 g/mol. The first kappa shape index (κ1) is 10.5. The first-order chi connectivity index (χ1) is 6.24. The Hall–Kier alpha value is -0.610. The van der Waals surface area contributed by atoms with Gasteiger partial charge in [-0.05, 0) is 48.5 Å². The molecule has 0 spiro atoms. The first-order valence-electron chi connectivity index (χ1n) is 4.30. The fourth-order valence-corrected chi connectivity index (χ4v) is 2.09. The Bertz CT molecular complexity index is 257. The molecule has 1 unspecified atom stereocenters. The van der Waals surface area contributed by atoms with Crippen LogP contribution >= 0.6 is 23.6 Å². The van der Waals surface area contributed by atoms with Crippen molar-refractivity contribution in [1.29, 1.82) is 0 Å². The maximum atomic E-state index is 5.08. The molecule has 1 heterocycles. The van der Waals surface area contributed by atoms with Crippen LogP contribution in [-0.2, 0) is 0 Å². The van der Waals surface area contributed by atoms with Gasteiger partial charge in [-0.25, -0.2) is 0 Å². The fraction of sp³-hybridized carbons (Fsp3) is 0.444. The van der Waals surface area contributed by atoms with Gasteiger partial charge in [0.25, 0.3) is 0 Å². The molecule has 1 rings (SSSR count). The Morgan fingerprint density at radius 3 is 3.00 bits per heavy atom. The second-order valence-electron chi connectivity index (χ2n) is 2.78. The van der Waals surface area contributed by atoms with Crippen LogP contribution in [0.15, 0.2) is 16.8 Å². The molecule has 0 fully saturated rings. The highest BCUT2D eigenvalue weighted by atomic mass is 32.1. The van der Waals surface area contributed by atoms with Gasteiger partial charge >= 0.3 is 0 Å². The Kier molecular flexibility index (Phi) is 4.18. The molecule has 13 heavy (non-hydrogen) atoms. The van der Waals surface area contributed by atoms with Crippen molar-refractivity contribution >= 4 is 28.7 Å². The zero-order valence-electron chi connectivity index (χ0n) is 7.83. The van der Waals surface area contributed by atoms with E-state index in [2.05, 4.69) is 34.4 Å². The molecule has 0 bridgehead atoms. The molecule has 1 atom stereocenters. The number of hydrogen-bond acceptors (Lipinski definition) is 2. The molecule has 0 radical (unpaired) electrons. The third kappa shape index (κ3) is 3.32. The summed E-state index contributed by atoms with van der Waals surface area (Å²) in [5.41, 5.74) is 1.28. The van der Waals surface area contributed by atoms with Crippen LogP contribution in [0.25, 0.3) is 0 Å². The SMILES string of the molecule is CCNC(=S)NC(C)c1ccsc1. The highest BCUT2D eigenvalue weighted by molar-refractivity contribution is 7.80. The van der Waals surface area contributed by atoms with Crippen molar-refractivity contribution in [3.63, 3.8) is 0 Å². The van der Waals surface area contributed by atoms with E-state index in [9.17, 15) is 0 Å². The molecule has 2 nitrogen and oxygen atoms in total. The van der Waals surface area contributed by atoms with Crippen molar-refractivity contribution < 1.29 is 0 Å². The van der Waals surface area contributed by atoms with Crippen LogP contribution in [0, 0.1) is 0 Å². The Morgan fingerprint density at radius 2 is 2.46 bits per heavy atom. The average Bonchev–Trinajstić information content (AvgIpc) is 2.55. The standard InChI is InChI=1S/C9H14N2S2/c1-3-10-9(12)11-7(2)8-4-5-13-6-8/h4-7H,3H2,1-2H3,(H2,10,11,12). The predicted octanol–water partition coefficient (Wildman–Crippen LogP) is 2.29. The molecular formula is C9H14N2S2. The first-order valence-corrected chi connectivity index (χ1v) is 5.65. The minimum absolute atomic E-state index is 0.290. The van der Waals surface area contributed by atoms with E-state index in [1.165, 1.54) is 5.56 Å². The van der Waals surface area contributed by atoms with Gasteiger partial charge in [-0.1, -0.05) is 0 Å². The lowest BCUT2D eigenvalue weighted by Crippen LogP contribution is -2.36. The van der Waals surface area contributed by atoms with Crippen molar-refractivity contribution in [2.45, 2.75) is 19.9 Å². The number of hydrogen-bond donors (Lipinski definition) is 2. The van der Waals surface area contributed by atoms with Crippen LogP contribution in [0.1, 0.15) is 25.5 Å². The molecule has 1 aromatic rings. The van der Waals surface area contributed by atoms with Crippen molar-refractivity contribution in [3.05, 3.63) is 22.4 Å². The van der Waals surface area contributed by atoms with Crippen LogP contribution in [-0.4, -0.2) is 11.7 Å². The van der Waals surface area contributed by atoms with Gasteiger partial charge in [-0.3, -0.25) is 0 Å². The number of rotatable bonds is 3. The van der Waals surface area contributed by atoms with E-state index in [-0.39, 0.29) is 6.04 Å². The van der Waals surface area contributed by atoms with Crippen LogP contribution in [0.5, 0.6) is 0 Å². The zero-order chi connectivity index (χ0) is 9.68. The Morgan fingerprint density at radius 1 is 1.69 bits per heavy atom. The molecule has 0 aliphatic heterocycles. The summed E-state index contributed by atoms with van der Waals surface area (Å²) in [5.74, 6) is 0. The zero-order valence-corrected chi connectivity index (χ0v) is 9.47. The lowest BCUT2D eigenvalue weighted by atomic mass is 10.2. The number of thiocarbonyl (C=S) groups is 1. The third-order valence-corrected chi connectivity index (χ3v) is 2.69. The summed E-state index contributed by atoms with van der Waals surface area (Å²) in [4.78, 5) is 0. The van der Waals surface area contributed by atoms with Crippen molar-refractivity contribution in [2.24, 2.45) is 0 Å². The lowest BCUT2D eigenvalue weighted by Gasteiger charge is -2.14. The largest absolute Gasteiger partial charge is 0.363 e.